The molecule has 2 aromatic heterocycles. The molecule has 1 N–H and O–H groups in total. The minimum absolute atomic E-state index is 0.0504. The van der Waals surface area contributed by atoms with E-state index in [1.165, 1.54) is 19.1 Å². The number of hydrogen-bond acceptors (Lipinski definition) is 9. The number of aromatic nitrogens is 4. The summed E-state index contributed by atoms with van der Waals surface area (Å²) >= 11 is 0. The number of halogens is 2. The van der Waals surface area contributed by atoms with Crippen LogP contribution in [0.15, 0.2) is 38.5 Å². The van der Waals surface area contributed by atoms with Crippen molar-refractivity contribution in [1.29, 1.82) is 0 Å². The Bertz CT molecular complexity index is 1460. The first-order chi connectivity index (χ1) is 16.7. The summed E-state index contributed by atoms with van der Waals surface area (Å²) in [5.41, 5.74) is -0.380. The molecule has 0 saturated heterocycles. The zero-order chi connectivity index (χ0) is 26.4. The van der Waals surface area contributed by atoms with Crippen LogP contribution in [0.5, 0.6) is 5.75 Å². The molecule has 12 nitrogen and oxygen atoms in total. The summed E-state index contributed by atoms with van der Waals surface area (Å²) < 4.78 is 71.0. The topological polar surface area (TPSA) is 150 Å². The van der Waals surface area contributed by atoms with Gasteiger partial charge in [-0.25, -0.2) is 23.0 Å². The first-order valence-electron chi connectivity index (χ1n) is 10.7. The summed E-state index contributed by atoms with van der Waals surface area (Å²) in [6.07, 6.45) is -0.551. The number of benzene rings is 1. The standard InChI is InChI=1S/C21H23F2N5O7S/c1-11-16(10-27(26-11)19(22)23)36(31,32)28-9-15(18-24-25-20(30)34-18)33-14-6-5-12(7-13(14)28)8-17(29)35-21(2,3)4/h5-7,10,15,19H,8-9H2,1-4H3,(H,25,30)/t15-/m1/s1. The predicted octanol–water partition coefficient (Wildman–Crippen LogP) is 2.48. The first-order valence-corrected chi connectivity index (χ1v) is 12.1. The SMILES string of the molecule is Cc1nn(C(F)F)cc1S(=O)(=O)N1C[C@H](c2n[nH]c(=O)o2)Oc2ccc(CC(=O)OC(C)(C)C)cc21. The number of carbonyl (C=O) groups excluding carboxylic acids is 1. The van der Waals surface area contributed by atoms with Crippen LogP contribution in [0.25, 0.3) is 0 Å². The number of esters is 1. The fraction of sp³-hybridized carbons (Fsp3) is 0.429. The number of anilines is 1. The fourth-order valence-corrected chi connectivity index (χ4v) is 5.25. The van der Waals surface area contributed by atoms with Gasteiger partial charge in [0, 0.05) is 0 Å². The van der Waals surface area contributed by atoms with Gasteiger partial charge in [0.05, 0.1) is 30.5 Å². The fourth-order valence-electron chi connectivity index (χ4n) is 3.62. The third kappa shape index (κ3) is 5.10. The van der Waals surface area contributed by atoms with E-state index in [-0.39, 0.29) is 34.1 Å². The summed E-state index contributed by atoms with van der Waals surface area (Å²) in [4.78, 5) is 23.3. The lowest BCUT2D eigenvalue weighted by atomic mass is 10.1. The minimum Gasteiger partial charge on any atom is -0.476 e. The number of rotatable bonds is 6. The molecule has 0 fully saturated rings. The average molecular weight is 528 g/mol. The van der Waals surface area contributed by atoms with Gasteiger partial charge in [-0.05, 0) is 45.4 Å². The van der Waals surface area contributed by atoms with Gasteiger partial charge < -0.3 is 13.9 Å². The normalized spacial score (nSPS) is 16.1. The van der Waals surface area contributed by atoms with E-state index in [1.807, 2.05) is 0 Å². The molecule has 0 unspecified atom stereocenters. The monoisotopic (exact) mass is 527 g/mol. The summed E-state index contributed by atoms with van der Waals surface area (Å²) in [5.74, 6) is -1.52. The molecule has 0 aliphatic carbocycles. The number of aryl methyl sites for hydroxylation is 1. The number of fused-ring (bicyclic) bond motifs is 1. The summed E-state index contributed by atoms with van der Waals surface area (Å²) in [5, 5.41) is 9.38. The number of alkyl halides is 2. The van der Waals surface area contributed by atoms with Crippen LogP contribution in [0.4, 0.5) is 14.5 Å². The minimum atomic E-state index is -4.46. The van der Waals surface area contributed by atoms with Crippen molar-refractivity contribution in [3.8, 4) is 5.75 Å². The lowest BCUT2D eigenvalue weighted by molar-refractivity contribution is -0.153. The number of nitrogens with zero attached hydrogens (tertiary/aromatic N) is 4. The highest BCUT2D eigenvalue weighted by atomic mass is 32.2. The molecule has 1 aromatic carbocycles. The molecule has 15 heteroatoms. The van der Waals surface area contributed by atoms with Gasteiger partial charge in [0.1, 0.15) is 16.2 Å². The van der Waals surface area contributed by atoms with Crippen molar-refractivity contribution < 1.29 is 35.9 Å². The molecule has 0 amide bonds. The van der Waals surface area contributed by atoms with Crippen LogP contribution < -0.4 is 14.8 Å². The number of sulfonamides is 1. The molecule has 0 bridgehead atoms. The molecular weight excluding hydrogens is 504 g/mol. The molecule has 194 valence electrons. The Hall–Kier alpha value is -3.75. The number of aromatic amines is 1. The largest absolute Gasteiger partial charge is 0.476 e. The van der Waals surface area contributed by atoms with Crippen LogP contribution in [-0.2, 0) is 26.0 Å². The van der Waals surface area contributed by atoms with Crippen LogP contribution in [0, 0.1) is 6.92 Å². The summed E-state index contributed by atoms with van der Waals surface area (Å²) in [6, 6.07) is 4.43. The van der Waals surface area contributed by atoms with Gasteiger partial charge >= 0.3 is 18.3 Å². The van der Waals surface area contributed by atoms with Crippen LogP contribution in [0.3, 0.4) is 0 Å². The van der Waals surface area contributed by atoms with E-state index in [9.17, 15) is 26.8 Å². The maximum atomic E-state index is 13.7. The third-order valence-corrected chi connectivity index (χ3v) is 6.91. The van der Waals surface area contributed by atoms with Gasteiger partial charge in [0.2, 0.25) is 0 Å². The third-order valence-electron chi connectivity index (χ3n) is 5.03. The number of nitrogens with one attached hydrogen (secondary N) is 1. The van der Waals surface area contributed by atoms with E-state index >= 15 is 0 Å². The van der Waals surface area contributed by atoms with E-state index in [1.54, 1.807) is 26.8 Å². The highest BCUT2D eigenvalue weighted by Crippen LogP contribution is 2.41. The number of carbonyl (C=O) groups is 1. The lowest BCUT2D eigenvalue weighted by Gasteiger charge is -2.34. The number of hydrogen-bond donors (Lipinski definition) is 1. The van der Waals surface area contributed by atoms with Gasteiger partial charge in [0.15, 0.2) is 6.10 Å². The van der Waals surface area contributed by atoms with Gasteiger partial charge in [-0.3, -0.25) is 9.10 Å². The molecular formula is C21H23F2N5O7S. The Labute approximate surface area is 203 Å². The maximum absolute atomic E-state index is 13.7. The van der Waals surface area contributed by atoms with E-state index in [0.717, 1.165) is 10.5 Å². The summed E-state index contributed by atoms with van der Waals surface area (Å²) in [7, 11) is -4.46. The Balaban J connectivity index is 1.77. The van der Waals surface area contributed by atoms with E-state index in [2.05, 4.69) is 15.3 Å². The van der Waals surface area contributed by atoms with Crippen molar-refractivity contribution in [1.82, 2.24) is 20.0 Å². The quantitative estimate of drug-likeness (QED) is 0.477. The van der Waals surface area contributed by atoms with Gasteiger partial charge in [0.25, 0.3) is 15.9 Å². The maximum Gasteiger partial charge on any atom is 0.434 e. The zero-order valence-corrected chi connectivity index (χ0v) is 20.5. The van der Waals surface area contributed by atoms with Crippen molar-refractivity contribution in [2.45, 2.75) is 57.3 Å². The number of H-pyrrole nitrogens is 1. The Kier molecular flexibility index (Phi) is 6.36. The molecule has 0 radical (unpaired) electrons. The van der Waals surface area contributed by atoms with E-state index in [4.69, 9.17) is 13.9 Å². The molecule has 0 spiro atoms. The second kappa shape index (κ2) is 9.04. The zero-order valence-electron chi connectivity index (χ0n) is 19.7. The molecule has 36 heavy (non-hydrogen) atoms. The van der Waals surface area contributed by atoms with Crippen molar-refractivity contribution in [3.63, 3.8) is 0 Å². The Morgan fingerprint density at radius 2 is 2.06 bits per heavy atom. The number of ether oxygens (including phenoxy) is 2. The van der Waals surface area contributed by atoms with Gasteiger partial charge in [-0.1, -0.05) is 6.07 Å². The molecule has 0 saturated carbocycles. The molecule has 1 aliphatic heterocycles. The van der Waals surface area contributed by atoms with Crippen LogP contribution >= 0.6 is 0 Å². The molecule has 3 heterocycles. The van der Waals surface area contributed by atoms with Crippen molar-refractivity contribution >= 4 is 21.7 Å². The summed E-state index contributed by atoms with van der Waals surface area (Å²) in [6.45, 7) is 2.99. The Morgan fingerprint density at radius 3 is 2.64 bits per heavy atom. The van der Waals surface area contributed by atoms with Crippen LogP contribution in [0.2, 0.25) is 0 Å². The first kappa shape index (κ1) is 25.3. The van der Waals surface area contributed by atoms with Crippen LogP contribution in [0.1, 0.15) is 50.6 Å². The Morgan fingerprint density at radius 1 is 1.33 bits per heavy atom. The second-order valence-electron chi connectivity index (χ2n) is 9.00. The average Bonchev–Trinajstić information content (AvgIpc) is 3.37. The molecule has 3 aromatic rings. The van der Waals surface area contributed by atoms with Gasteiger partial charge in [-0.15, -0.1) is 5.10 Å². The molecule has 1 aliphatic rings. The highest BCUT2D eigenvalue weighted by molar-refractivity contribution is 7.92. The van der Waals surface area contributed by atoms with Crippen LogP contribution in [-0.4, -0.2) is 46.5 Å². The smallest absolute Gasteiger partial charge is 0.434 e. The van der Waals surface area contributed by atoms with Crippen molar-refractivity contribution in [2.24, 2.45) is 0 Å². The second-order valence-corrected chi connectivity index (χ2v) is 10.8. The predicted molar refractivity (Wildman–Crippen MR) is 119 cm³/mol. The van der Waals surface area contributed by atoms with E-state index < -0.39 is 51.4 Å². The van der Waals surface area contributed by atoms with Crippen molar-refractivity contribution in [3.05, 3.63) is 52.1 Å². The molecule has 1 atom stereocenters. The van der Waals surface area contributed by atoms with E-state index in [0.29, 0.717) is 5.56 Å². The van der Waals surface area contributed by atoms with Gasteiger partial charge in [-0.2, -0.15) is 13.9 Å². The molecule has 4 rings (SSSR count). The van der Waals surface area contributed by atoms with Crippen molar-refractivity contribution in [2.75, 3.05) is 10.8 Å². The highest BCUT2D eigenvalue weighted by Gasteiger charge is 2.39. The lowest BCUT2D eigenvalue weighted by Crippen LogP contribution is -2.40.